The number of halogens is 3. The fraction of sp³-hybridized carbons (Fsp3) is 0.346. The van der Waals surface area contributed by atoms with E-state index < -0.39 is 23.5 Å². The minimum atomic E-state index is -4.89. The summed E-state index contributed by atoms with van der Waals surface area (Å²) in [5.74, 6) is -2.77. The van der Waals surface area contributed by atoms with Crippen LogP contribution in [0.3, 0.4) is 0 Å². The van der Waals surface area contributed by atoms with Crippen LogP contribution >= 0.6 is 0 Å². The molecule has 11 heteroatoms. The van der Waals surface area contributed by atoms with Crippen molar-refractivity contribution in [3.8, 4) is 11.5 Å². The number of piperazine rings is 1. The summed E-state index contributed by atoms with van der Waals surface area (Å²) in [4.78, 5) is 32.4. The van der Waals surface area contributed by atoms with Gasteiger partial charge in [0, 0.05) is 43.1 Å². The van der Waals surface area contributed by atoms with E-state index in [0.717, 1.165) is 18.5 Å². The van der Waals surface area contributed by atoms with E-state index in [2.05, 4.69) is 15.2 Å². The van der Waals surface area contributed by atoms with Crippen molar-refractivity contribution in [1.82, 2.24) is 9.88 Å². The summed E-state index contributed by atoms with van der Waals surface area (Å²) in [5, 5.41) is 2.46. The van der Waals surface area contributed by atoms with Crippen LogP contribution in [0, 0.1) is 0 Å². The molecule has 2 heterocycles. The lowest BCUT2D eigenvalue weighted by atomic mass is 10.2. The van der Waals surface area contributed by atoms with Crippen LogP contribution in [0.5, 0.6) is 0 Å². The highest BCUT2D eigenvalue weighted by Crippen LogP contribution is 2.35. The van der Waals surface area contributed by atoms with Gasteiger partial charge in [-0.25, -0.2) is 9.78 Å². The summed E-state index contributed by atoms with van der Waals surface area (Å²) < 4.78 is 50.8. The highest BCUT2D eigenvalue weighted by Gasteiger charge is 2.42. The first-order valence-corrected chi connectivity index (χ1v) is 12.0. The lowest BCUT2D eigenvalue weighted by molar-refractivity contribution is -0.153. The van der Waals surface area contributed by atoms with Crippen LogP contribution in [-0.2, 0) is 10.9 Å². The number of unbranched alkanes of at least 4 members (excludes halogenated alkanes) is 1. The number of carbonyl (C=O) groups is 2. The number of nitrogens with one attached hydrogen (secondary N) is 1. The molecule has 4 rings (SSSR count). The fourth-order valence-electron chi connectivity index (χ4n) is 3.86. The number of anilines is 2. The van der Waals surface area contributed by atoms with Crippen LogP contribution in [0.25, 0.3) is 11.5 Å². The Morgan fingerprint density at radius 3 is 2.32 bits per heavy atom. The number of carbonyl (C=O) groups excluding carboxylic acids is 2. The molecular weight excluding hydrogens is 489 g/mol. The van der Waals surface area contributed by atoms with E-state index in [0.29, 0.717) is 44.0 Å². The first kappa shape index (κ1) is 26.1. The molecule has 1 aromatic heterocycles. The van der Waals surface area contributed by atoms with Gasteiger partial charge < -0.3 is 24.3 Å². The number of oxazole rings is 1. The second-order valence-corrected chi connectivity index (χ2v) is 8.50. The molecule has 2 amide bonds. The Morgan fingerprint density at radius 1 is 1.03 bits per heavy atom. The summed E-state index contributed by atoms with van der Waals surface area (Å²) in [7, 11) is 0. The standard InChI is InChI=1S/C26H27F3N4O4/c1-2-3-17-36-25(35)33-15-13-32(14-16-33)20-11-9-19(10-12-20)30-23(34)21-22(26(27,28)29)37-24(31-21)18-7-5-4-6-8-18/h4-12H,2-3,13-17H2,1H3,(H,30,34). The molecular formula is C26H27F3N4O4. The predicted octanol–water partition coefficient (Wildman–Crippen LogP) is 5.67. The van der Waals surface area contributed by atoms with Crippen molar-refractivity contribution in [3.63, 3.8) is 0 Å². The molecule has 1 aliphatic rings. The molecule has 8 nitrogen and oxygen atoms in total. The fourth-order valence-corrected chi connectivity index (χ4v) is 3.86. The zero-order chi connectivity index (χ0) is 26.4. The number of hydrogen-bond acceptors (Lipinski definition) is 6. The van der Waals surface area contributed by atoms with Crippen molar-refractivity contribution in [2.45, 2.75) is 25.9 Å². The maximum Gasteiger partial charge on any atom is 0.452 e. The maximum absolute atomic E-state index is 13.5. The number of benzene rings is 2. The van der Waals surface area contributed by atoms with Crippen molar-refractivity contribution in [1.29, 1.82) is 0 Å². The SMILES string of the molecule is CCCCOC(=O)N1CCN(c2ccc(NC(=O)c3nc(-c4ccccc4)oc3C(F)(F)F)cc2)CC1. The van der Waals surface area contributed by atoms with Crippen LogP contribution in [0.1, 0.15) is 36.0 Å². The van der Waals surface area contributed by atoms with Gasteiger partial charge >= 0.3 is 12.3 Å². The Bertz CT molecular complexity index is 1200. The van der Waals surface area contributed by atoms with E-state index >= 15 is 0 Å². The summed E-state index contributed by atoms with van der Waals surface area (Å²) in [5.41, 5.74) is 0.660. The van der Waals surface area contributed by atoms with Gasteiger partial charge in [-0.15, -0.1) is 0 Å². The molecule has 0 unspecified atom stereocenters. The molecule has 1 saturated heterocycles. The first-order valence-electron chi connectivity index (χ1n) is 12.0. The van der Waals surface area contributed by atoms with Crippen molar-refractivity contribution in [2.24, 2.45) is 0 Å². The average Bonchev–Trinajstić information content (AvgIpc) is 3.37. The van der Waals surface area contributed by atoms with Gasteiger partial charge in [-0.3, -0.25) is 4.79 Å². The third-order valence-electron chi connectivity index (χ3n) is 5.87. The lowest BCUT2D eigenvalue weighted by Crippen LogP contribution is -2.49. The highest BCUT2D eigenvalue weighted by molar-refractivity contribution is 6.04. The summed E-state index contributed by atoms with van der Waals surface area (Å²) in [6.45, 7) is 4.67. The molecule has 1 N–H and O–H groups in total. The highest BCUT2D eigenvalue weighted by atomic mass is 19.4. The molecule has 0 bridgehead atoms. The summed E-state index contributed by atoms with van der Waals surface area (Å²) >= 11 is 0. The van der Waals surface area contributed by atoms with E-state index in [1.165, 1.54) is 0 Å². The summed E-state index contributed by atoms with van der Waals surface area (Å²) in [6.07, 6.45) is -3.42. The third kappa shape index (κ3) is 6.41. The smallest absolute Gasteiger partial charge is 0.449 e. The molecule has 0 atom stereocenters. The quantitative estimate of drug-likeness (QED) is 0.407. The molecule has 1 fully saturated rings. The van der Waals surface area contributed by atoms with Crippen LogP contribution in [0.2, 0.25) is 0 Å². The third-order valence-corrected chi connectivity index (χ3v) is 5.87. The minimum absolute atomic E-state index is 0.290. The Balaban J connectivity index is 1.39. The Hall–Kier alpha value is -4.02. The van der Waals surface area contributed by atoms with Crippen molar-refractivity contribution < 1.29 is 31.9 Å². The number of aromatic nitrogens is 1. The van der Waals surface area contributed by atoms with E-state index in [4.69, 9.17) is 9.15 Å². The van der Waals surface area contributed by atoms with Gasteiger partial charge in [0.15, 0.2) is 5.69 Å². The Kier molecular flexibility index (Phi) is 8.00. The molecule has 37 heavy (non-hydrogen) atoms. The number of hydrogen-bond donors (Lipinski definition) is 1. The van der Waals surface area contributed by atoms with Gasteiger partial charge in [0.2, 0.25) is 11.7 Å². The van der Waals surface area contributed by atoms with Crippen molar-refractivity contribution in [3.05, 3.63) is 66.1 Å². The molecule has 196 valence electrons. The van der Waals surface area contributed by atoms with Crippen LogP contribution in [0.4, 0.5) is 29.3 Å². The second kappa shape index (κ2) is 11.4. The number of ether oxygens (including phenoxy) is 1. The molecule has 0 spiro atoms. The Morgan fingerprint density at radius 2 is 1.70 bits per heavy atom. The second-order valence-electron chi connectivity index (χ2n) is 8.50. The lowest BCUT2D eigenvalue weighted by Gasteiger charge is -2.35. The number of nitrogens with zero attached hydrogens (tertiary/aromatic N) is 3. The average molecular weight is 517 g/mol. The van der Waals surface area contributed by atoms with Gasteiger partial charge in [0.25, 0.3) is 5.91 Å². The van der Waals surface area contributed by atoms with Gasteiger partial charge in [-0.1, -0.05) is 31.5 Å². The number of alkyl halides is 3. The minimum Gasteiger partial charge on any atom is -0.449 e. The van der Waals surface area contributed by atoms with Gasteiger partial charge in [0.1, 0.15) is 0 Å². The van der Waals surface area contributed by atoms with E-state index in [-0.39, 0.29) is 12.0 Å². The van der Waals surface area contributed by atoms with Gasteiger partial charge in [0.05, 0.1) is 6.61 Å². The van der Waals surface area contributed by atoms with Crippen LogP contribution < -0.4 is 10.2 Å². The van der Waals surface area contributed by atoms with Crippen LogP contribution in [0.15, 0.2) is 59.0 Å². The van der Waals surface area contributed by atoms with Gasteiger partial charge in [-0.05, 0) is 42.8 Å². The van der Waals surface area contributed by atoms with E-state index in [1.54, 1.807) is 59.5 Å². The van der Waals surface area contributed by atoms with Gasteiger partial charge in [-0.2, -0.15) is 13.2 Å². The monoisotopic (exact) mass is 516 g/mol. The van der Waals surface area contributed by atoms with Crippen LogP contribution in [-0.4, -0.2) is 54.7 Å². The topological polar surface area (TPSA) is 87.9 Å². The normalized spacial score (nSPS) is 13.9. The first-order chi connectivity index (χ1) is 17.8. The van der Waals surface area contributed by atoms with Crippen molar-refractivity contribution in [2.75, 3.05) is 43.0 Å². The largest absolute Gasteiger partial charge is 0.452 e. The number of rotatable bonds is 7. The zero-order valence-corrected chi connectivity index (χ0v) is 20.3. The molecule has 0 radical (unpaired) electrons. The molecule has 0 saturated carbocycles. The number of amides is 2. The zero-order valence-electron chi connectivity index (χ0n) is 20.3. The van der Waals surface area contributed by atoms with Crippen molar-refractivity contribution >= 4 is 23.4 Å². The summed E-state index contributed by atoms with van der Waals surface area (Å²) in [6, 6.07) is 14.8. The molecule has 1 aliphatic heterocycles. The van der Waals surface area contributed by atoms with E-state index in [9.17, 15) is 22.8 Å². The van der Waals surface area contributed by atoms with E-state index in [1.807, 2.05) is 6.92 Å². The molecule has 3 aromatic rings. The maximum atomic E-state index is 13.5. The molecule has 2 aromatic carbocycles. The predicted molar refractivity (Wildman–Crippen MR) is 131 cm³/mol. The molecule has 0 aliphatic carbocycles. The Labute approximate surface area is 212 Å².